The molecule has 112 valence electrons. The molecule has 8 heteroatoms. The summed E-state index contributed by atoms with van der Waals surface area (Å²) in [6.07, 6.45) is 1.74. The van der Waals surface area contributed by atoms with E-state index in [0.717, 1.165) is 0 Å². The number of benzene rings is 1. The van der Waals surface area contributed by atoms with Crippen molar-refractivity contribution in [1.82, 2.24) is 15.5 Å². The van der Waals surface area contributed by atoms with Gasteiger partial charge in [0.25, 0.3) is 5.91 Å². The van der Waals surface area contributed by atoms with Crippen LogP contribution in [0.25, 0.3) is 0 Å². The van der Waals surface area contributed by atoms with Crippen LogP contribution < -0.4 is 20.5 Å². The highest BCUT2D eigenvalue weighted by Gasteiger charge is 2.15. The highest BCUT2D eigenvalue weighted by Crippen LogP contribution is 2.30. The molecule has 21 heavy (non-hydrogen) atoms. The SMILES string of the molecule is COc1cc(OC)c(N)c(C(=O)NCCc2ncno2)c1. The Morgan fingerprint density at radius 3 is 2.81 bits per heavy atom. The first-order chi connectivity index (χ1) is 10.2. The Labute approximate surface area is 121 Å². The average Bonchev–Trinajstić information content (AvgIpc) is 3.00. The Kier molecular flexibility index (Phi) is 4.60. The van der Waals surface area contributed by atoms with E-state index in [4.69, 9.17) is 19.7 Å². The van der Waals surface area contributed by atoms with Crippen LogP contribution in [0.1, 0.15) is 16.2 Å². The second-order valence-corrected chi connectivity index (χ2v) is 4.13. The van der Waals surface area contributed by atoms with Gasteiger partial charge in [0.2, 0.25) is 5.89 Å². The zero-order chi connectivity index (χ0) is 15.2. The summed E-state index contributed by atoms with van der Waals surface area (Å²) < 4.78 is 15.1. The van der Waals surface area contributed by atoms with Gasteiger partial charge in [0.15, 0.2) is 6.33 Å². The van der Waals surface area contributed by atoms with Crippen molar-refractivity contribution in [1.29, 1.82) is 0 Å². The van der Waals surface area contributed by atoms with Gasteiger partial charge >= 0.3 is 0 Å². The van der Waals surface area contributed by atoms with E-state index in [0.29, 0.717) is 30.4 Å². The molecule has 0 atom stereocenters. The molecule has 0 saturated carbocycles. The van der Waals surface area contributed by atoms with Gasteiger partial charge in [-0.25, -0.2) is 0 Å². The van der Waals surface area contributed by atoms with Gasteiger partial charge in [0.05, 0.1) is 25.5 Å². The number of hydrogen-bond acceptors (Lipinski definition) is 7. The van der Waals surface area contributed by atoms with E-state index in [9.17, 15) is 4.79 Å². The average molecular weight is 292 g/mol. The van der Waals surface area contributed by atoms with Gasteiger partial charge < -0.3 is 25.0 Å². The minimum Gasteiger partial charge on any atom is -0.497 e. The van der Waals surface area contributed by atoms with Crippen LogP contribution in [-0.2, 0) is 6.42 Å². The van der Waals surface area contributed by atoms with Crippen LogP contribution in [-0.4, -0.2) is 36.8 Å². The molecule has 0 aliphatic carbocycles. The van der Waals surface area contributed by atoms with Gasteiger partial charge in [0.1, 0.15) is 11.5 Å². The molecule has 2 rings (SSSR count). The second kappa shape index (κ2) is 6.60. The van der Waals surface area contributed by atoms with E-state index in [1.54, 1.807) is 12.1 Å². The Morgan fingerprint density at radius 2 is 2.19 bits per heavy atom. The maximum Gasteiger partial charge on any atom is 0.253 e. The Hall–Kier alpha value is -2.77. The van der Waals surface area contributed by atoms with Crippen LogP contribution in [0.5, 0.6) is 11.5 Å². The number of amides is 1. The number of nitrogens with one attached hydrogen (secondary N) is 1. The third kappa shape index (κ3) is 3.41. The number of nitrogens with two attached hydrogens (primary N) is 1. The monoisotopic (exact) mass is 292 g/mol. The Bertz CT molecular complexity index is 613. The van der Waals surface area contributed by atoms with Gasteiger partial charge in [-0.3, -0.25) is 4.79 Å². The fourth-order valence-electron chi connectivity index (χ4n) is 1.76. The molecule has 0 saturated heterocycles. The highest BCUT2D eigenvalue weighted by molar-refractivity contribution is 6.00. The molecular formula is C13H16N4O4. The molecule has 0 aliphatic rings. The van der Waals surface area contributed by atoms with Gasteiger partial charge in [0, 0.05) is 19.0 Å². The second-order valence-electron chi connectivity index (χ2n) is 4.13. The van der Waals surface area contributed by atoms with Crippen molar-refractivity contribution in [3.63, 3.8) is 0 Å². The summed E-state index contributed by atoms with van der Waals surface area (Å²) in [5.74, 6) is 0.996. The molecule has 0 radical (unpaired) electrons. The van der Waals surface area contributed by atoms with Crippen molar-refractivity contribution < 1.29 is 18.8 Å². The van der Waals surface area contributed by atoms with Crippen LogP contribution in [0.2, 0.25) is 0 Å². The third-order valence-corrected chi connectivity index (χ3v) is 2.85. The summed E-state index contributed by atoms with van der Waals surface area (Å²) in [5, 5.41) is 6.21. The predicted octanol–water partition coefficient (Wildman–Crippen LogP) is 0.641. The van der Waals surface area contributed by atoms with Crippen molar-refractivity contribution in [3.8, 4) is 11.5 Å². The first-order valence-corrected chi connectivity index (χ1v) is 6.21. The number of rotatable bonds is 6. The minimum absolute atomic E-state index is 0.258. The lowest BCUT2D eigenvalue weighted by Crippen LogP contribution is -2.26. The number of carbonyl (C=O) groups excluding carboxylic acids is 1. The number of nitrogens with zero attached hydrogens (tertiary/aromatic N) is 2. The fourth-order valence-corrected chi connectivity index (χ4v) is 1.76. The van der Waals surface area contributed by atoms with E-state index in [2.05, 4.69) is 15.5 Å². The topological polar surface area (TPSA) is 112 Å². The maximum atomic E-state index is 12.2. The molecule has 1 amide bonds. The molecule has 0 fully saturated rings. The van der Waals surface area contributed by atoms with E-state index in [-0.39, 0.29) is 17.2 Å². The van der Waals surface area contributed by atoms with Gasteiger partial charge in [-0.15, -0.1) is 0 Å². The number of hydrogen-bond donors (Lipinski definition) is 2. The number of aromatic nitrogens is 2. The van der Waals surface area contributed by atoms with Crippen molar-refractivity contribution in [3.05, 3.63) is 29.9 Å². The predicted molar refractivity (Wildman–Crippen MR) is 74.3 cm³/mol. The molecule has 8 nitrogen and oxygen atoms in total. The van der Waals surface area contributed by atoms with Crippen LogP contribution in [0.4, 0.5) is 5.69 Å². The van der Waals surface area contributed by atoms with Gasteiger partial charge in [-0.05, 0) is 6.07 Å². The highest BCUT2D eigenvalue weighted by atomic mass is 16.5. The Morgan fingerprint density at radius 1 is 1.38 bits per heavy atom. The standard InChI is InChI=1S/C13H16N4O4/c1-19-8-5-9(12(14)10(6-8)20-2)13(18)15-4-3-11-16-7-17-21-11/h5-7H,3-4,14H2,1-2H3,(H,15,18). The van der Waals surface area contributed by atoms with E-state index in [1.165, 1.54) is 20.5 Å². The lowest BCUT2D eigenvalue weighted by molar-refractivity contribution is 0.0953. The maximum absolute atomic E-state index is 12.2. The van der Waals surface area contributed by atoms with E-state index >= 15 is 0 Å². The molecule has 1 aromatic heterocycles. The van der Waals surface area contributed by atoms with Crippen LogP contribution in [0.3, 0.4) is 0 Å². The van der Waals surface area contributed by atoms with E-state index < -0.39 is 0 Å². The quantitative estimate of drug-likeness (QED) is 0.751. The molecule has 0 unspecified atom stereocenters. The zero-order valence-corrected chi connectivity index (χ0v) is 11.8. The van der Waals surface area contributed by atoms with Crippen LogP contribution in [0, 0.1) is 0 Å². The lowest BCUT2D eigenvalue weighted by atomic mass is 10.1. The summed E-state index contributed by atoms with van der Waals surface area (Å²) in [4.78, 5) is 16.0. The van der Waals surface area contributed by atoms with Crippen LogP contribution in [0.15, 0.2) is 23.0 Å². The molecule has 0 aliphatic heterocycles. The molecule has 1 aromatic carbocycles. The zero-order valence-electron chi connectivity index (χ0n) is 11.8. The first-order valence-electron chi connectivity index (χ1n) is 6.21. The smallest absolute Gasteiger partial charge is 0.253 e. The van der Waals surface area contributed by atoms with Crippen molar-refractivity contribution in [2.45, 2.75) is 6.42 Å². The summed E-state index contributed by atoms with van der Waals surface area (Å²) in [6, 6.07) is 3.17. The van der Waals surface area contributed by atoms with Crippen molar-refractivity contribution in [2.75, 3.05) is 26.5 Å². The van der Waals surface area contributed by atoms with Gasteiger partial charge in [-0.2, -0.15) is 4.98 Å². The number of carbonyl (C=O) groups is 1. The number of nitrogen functional groups attached to an aromatic ring is 1. The molecule has 0 spiro atoms. The first kappa shape index (κ1) is 14.6. The minimum atomic E-state index is -0.329. The van der Waals surface area contributed by atoms with Gasteiger partial charge in [-0.1, -0.05) is 5.16 Å². The van der Waals surface area contributed by atoms with Crippen molar-refractivity contribution >= 4 is 11.6 Å². The summed E-state index contributed by atoms with van der Waals surface area (Å²) >= 11 is 0. The number of anilines is 1. The molecule has 2 aromatic rings. The summed E-state index contributed by atoms with van der Waals surface area (Å²) in [5.41, 5.74) is 6.45. The summed E-state index contributed by atoms with van der Waals surface area (Å²) in [7, 11) is 2.98. The molecule has 1 heterocycles. The molecule has 0 bridgehead atoms. The number of ether oxygens (including phenoxy) is 2. The third-order valence-electron chi connectivity index (χ3n) is 2.85. The normalized spacial score (nSPS) is 10.2. The molecular weight excluding hydrogens is 276 g/mol. The largest absolute Gasteiger partial charge is 0.497 e. The number of methoxy groups -OCH3 is 2. The fraction of sp³-hybridized carbons (Fsp3) is 0.308. The van der Waals surface area contributed by atoms with Crippen LogP contribution >= 0.6 is 0 Å². The van der Waals surface area contributed by atoms with Crippen molar-refractivity contribution in [2.24, 2.45) is 0 Å². The van der Waals surface area contributed by atoms with E-state index in [1.807, 2.05) is 0 Å². The molecule has 3 N–H and O–H groups in total. The summed E-state index contributed by atoms with van der Waals surface area (Å²) in [6.45, 7) is 0.347. The lowest BCUT2D eigenvalue weighted by Gasteiger charge is -2.12. The Balaban J connectivity index is 2.07.